The van der Waals surface area contributed by atoms with Crippen molar-refractivity contribution in [3.05, 3.63) is 59.8 Å². The van der Waals surface area contributed by atoms with Gasteiger partial charge in [-0.2, -0.15) is 4.98 Å². The van der Waals surface area contributed by atoms with Crippen LogP contribution in [0, 0.1) is 0 Å². The van der Waals surface area contributed by atoms with E-state index < -0.39 is 0 Å². The number of ether oxygens (including phenoxy) is 4. The van der Waals surface area contributed by atoms with Gasteiger partial charge in [-0.3, -0.25) is 4.79 Å². The molecule has 208 valence electrons. The largest absolute Gasteiger partial charge is 0.493 e. The molecular formula is C28H35N5O6. The molecule has 0 spiro atoms. The number of anilines is 3. The Kier molecular flexibility index (Phi) is 11.2. The highest BCUT2D eigenvalue weighted by Crippen LogP contribution is 2.40. The second-order valence-electron chi connectivity index (χ2n) is 8.52. The maximum atomic E-state index is 11.1. The first-order valence-corrected chi connectivity index (χ1v) is 12.5. The molecule has 0 bridgehead atoms. The van der Waals surface area contributed by atoms with Crippen molar-refractivity contribution in [2.75, 3.05) is 51.7 Å². The zero-order valence-corrected chi connectivity index (χ0v) is 22.7. The molecule has 11 heteroatoms. The minimum atomic E-state index is -0.377. The molecule has 0 radical (unpaired) electrons. The van der Waals surface area contributed by atoms with Gasteiger partial charge in [0.05, 0.1) is 34.0 Å². The third-order valence-corrected chi connectivity index (χ3v) is 5.98. The Morgan fingerprint density at radius 1 is 0.974 bits per heavy atom. The standard InChI is InChI=1S/C18H24N4O3.C10H11NO3/c1-23-14-11-13(12-15(24-2)17(14)25-3)20-18-19-8-7-16(21-18)22-9-5-4-6-10-22;1-14-10(13)9-4-2-3-8(5-9)6-11-7-12/h7-8,11-12H,4-6,9-10H2,1-3H3,(H,19,20,21);2-5,7H,6H2,1H3,(H,11,12). The Morgan fingerprint density at radius 2 is 1.69 bits per heavy atom. The molecule has 2 N–H and O–H groups in total. The number of hydrogen-bond donors (Lipinski definition) is 2. The van der Waals surface area contributed by atoms with Gasteiger partial charge in [-0.25, -0.2) is 9.78 Å². The molecule has 0 atom stereocenters. The summed E-state index contributed by atoms with van der Waals surface area (Å²) in [6.45, 7) is 2.50. The SMILES string of the molecule is COC(=O)c1cccc(CNC=O)c1.COc1cc(Nc2nccc(N3CCCCC3)n2)cc(OC)c1OC. The molecule has 3 aromatic rings. The maximum absolute atomic E-state index is 11.1. The van der Waals surface area contributed by atoms with Crippen molar-refractivity contribution in [1.29, 1.82) is 0 Å². The van der Waals surface area contributed by atoms with Gasteiger partial charge in [-0.1, -0.05) is 12.1 Å². The van der Waals surface area contributed by atoms with Gasteiger partial charge in [-0.05, 0) is 43.0 Å². The van der Waals surface area contributed by atoms with Crippen molar-refractivity contribution in [1.82, 2.24) is 15.3 Å². The Morgan fingerprint density at radius 3 is 2.31 bits per heavy atom. The lowest BCUT2D eigenvalue weighted by molar-refractivity contribution is -0.109. The van der Waals surface area contributed by atoms with Gasteiger partial charge in [0.2, 0.25) is 18.1 Å². The summed E-state index contributed by atoms with van der Waals surface area (Å²) in [5.74, 6) is 2.83. The molecule has 0 aliphatic carbocycles. The summed E-state index contributed by atoms with van der Waals surface area (Å²) in [6.07, 6.45) is 6.10. The van der Waals surface area contributed by atoms with E-state index in [1.54, 1.807) is 45.7 Å². The Bertz CT molecular complexity index is 1210. The number of esters is 1. The Hall–Kier alpha value is -4.54. The summed E-state index contributed by atoms with van der Waals surface area (Å²) in [4.78, 5) is 32.4. The van der Waals surface area contributed by atoms with Crippen molar-refractivity contribution < 1.29 is 28.5 Å². The smallest absolute Gasteiger partial charge is 0.337 e. The number of benzene rings is 2. The normalized spacial score (nSPS) is 12.4. The summed E-state index contributed by atoms with van der Waals surface area (Å²) < 4.78 is 20.7. The first-order chi connectivity index (χ1) is 19.0. The van der Waals surface area contributed by atoms with Crippen molar-refractivity contribution in [2.45, 2.75) is 25.8 Å². The highest BCUT2D eigenvalue weighted by Gasteiger charge is 2.15. The zero-order valence-electron chi connectivity index (χ0n) is 22.7. The first kappa shape index (κ1) is 29.0. The number of amides is 1. The van der Waals surface area contributed by atoms with Crippen LogP contribution in [0.5, 0.6) is 17.2 Å². The summed E-state index contributed by atoms with van der Waals surface area (Å²) in [7, 11) is 6.10. The maximum Gasteiger partial charge on any atom is 0.337 e. The van der Waals surface area contributed by atoms with E-state index in [1.165, 1.54) is 26.4 Å². The molecule has 1 saturated heterocycles. The van der Waals surface area contributed by atoms with Crippen LogP contribution < -0.4 is 29.7 Å². The van der Waals surface area contributed by atoms with Crippen LogP contribution in [0.4, 0.5) is 17.5 Å². The molecule has 11 nitrogen and oxygen atoms in total. The lowest BCUT2D eigenvalue weighted by atomic mass is 10.1. The minimum absolute atomic E-state index is 0.377. The van der Waals surface area contributed by atoms with Crippen molar-refractivity contribution >= 4 is 29.8 Å². The van der Waals surface area contributed by atoms with Gasteiger partial charge in [0, 0.05) is 43.7 Å². The number of rotatable bonds is 10. The number of nitrogens with one attached hydrogen (secondary N) is 2. The fraction of sp³-hybridized carbons (Fsp3) is 0.357. The van der Waals surface area contributed by atoms with E-state index in [2.05, 4.69) is 30.2 Å². The van der Waals surface area contributed by atoms with Gasteiger partial charge in [0.25, 0.3) is 0 Å². The third-order valence-electron chi connectivity index (χ3n) is 5.98. The van der Waals surface area contributed by atoms with E-state index in [0.717, 1.165) is 30.2 Å². The molecule has 0 saturated carbocycles. The lowest BCUT2D eigenvalue weighted by Crippen LogP contribution is -2.30. The molecule has 1 amide bonds. The molecular weight excluding hydrogens is 502 g/mol. The molecule has 39 heavy (non-hydrogen) atoms. The number of aromatic nitrogens is 2. The number of hydrogen-bond acceptors (Lipinski definition) is 10. The van der Waals surface area contributed by atoms with Crippen LogP contribution in [0.3, 0.4) is 0 Å². The second kappa shape index (κ2) is 15.0. The van der Waals surface area contributed by atoms with E-state index in [4.69, 9.17) is 14.2 Å². The van der Waals surface area contributed by atoms with Crippen molar-refractivity contribution in [2.24, 2.45) is 0 Å². The molecule has 2 heterocycles. The van der Waals surface area contributed by atoms with E-state index in [9.17, 15) is 9.59 Å². The van der Waals surface area contributed by atoms with Crippen LogP contribution in [0.15, 0.2) is 48.7 Å². The van der Waals surface area contributed by atoms with Gasteiger partial charge >= 0.3 is 5.97 Å². The van der Waals surface area contributed by atoms with Crippen LogP contribution in [-0.4, -0.2) is 63.9 Å². The summed E-state index contributed by atoms with van der Waals surface area (Å²) in [5.41, 5.74) is 2.11. The fourth-order valence-corrected chi connectivity index (χ4v) is 4.08. The molecule has 0 unspecified atom stereocenters. The molecule has 2 aromatic carbocycles. The molecule has 1 aromatic heterocycles. The number of methoxy groups -OCH3 is 4. The van der Waals surface area contributed by atoms with Crippen LogP contribution in [0.25, 0.3) is 0 Å². The predicted octanol–water partition coefficient (Wildman–Crippen LogP) is 3.96. The quantitative estimate of drug-likeness (QED) is 0.290. The number of nitrogens with zero attached hydrogens (tertiary/aromatic N) is 3. The third kappa shape index (κ3) is 8.22. The molecule has 4 rings (SSSR count). The van der Waals surface area contributed by atoms with Crippen molar-refractivity contribution in [3.8, 4) is 17.2 Å². The number of carbonyl (C=O) groups excluding carboxylic acids is 2. The highest BCUT2D eigenvalue weighted by molar-refractivity contribution is 5.89. The molecule has 1 aliphatic heterocycles. The average Bonchev–Trinajstić information content (AvgIpc) is 3.00. The summed E-state index contributed by atoms with van der Waals surface area (Å²) in [6, 6.07) is 12.5. The van der Waals surface area contributed by atoms with Crippen LogP contribution >= 0.6 is 0 Å². The van der Waals surface area contributed by atoms with E-state index in [1.807, 2.05) is 24.3 Å². The topological polar surface area (TPSA) is 124 Å². The monoisotopic (exact) mass is 537 g/mol. The molecule has 1 aliphatic rings. The van der Waals surface area contributed by atoms with Crippen molar-refractivity contribution in [3.63, 3.8) is 0 Å². The van der Waals surface area contributed by atoms with Gasteiger partial charge in [0.1, 0.15) is 5.82 Å². The summed E-state index contributed by atoms with van der Waals surface area (Å²) in [5, 5.41) is 5.74. The van der Waals surface area contributed by atoms with E-state index in [0.29, 0.717) is 41.7 Å². The lowest BCUT2D eigenvalue weighted by Gasteiger charge is -2.27. The highest BCUT2D eigenvalue weighted by atomic mass is 16.5. The predicted molar refractivity (Wildman–Crippen MR) is 148 cm³/mol. The average molecular weight is 538 g/mol. The van der Waals surface area contributed by atoms with Crippen LogP contribution in [0.2, 0.25) is 0 Å². The zero-order chi connectivity index (χ0) is 28.0. The van der Waals surface area contributed by atoms with Gasteiger partial charge in [0.15, 0.2) is 11.5 Å². The van der Waals surface area contributed by atoms with Crippen LogP contribution in [0.1, 0.15) is 35.2 Å². The van der Waals surface area contributed by atoms with Gasteiger partial charge in [-0.15, -0.1) is 0 Å². The number of carbonyl (C=O) groups is 2. The van der Waals surface area contributed by atoms with E-state index in [-0.39, 0.29) is 5.97 Å². The second-order valence-corrected chi connectivity index (χ2v) is 8.52. The molecule has 1 fully saturated rings. The fourth-order valence-electron chi connectivity index (χ4n) is 4.08. The van der Waals surface area contributed by atoms with Crippen LogP contribution in [-0.2, 0) is 16.1 Å². The first-order valence-electron chi connectivity index (χ1n) is 12.5. The Balaban J connectivity index is 0.000000255. The van der Waals surface area contributed by atoms with Gasteiger partial charge < -0.3 is 34.5 Å². The Labute approximate surface area is 228 Å². The minimum Gasteiger partial charge on any atom is -0.493 e. The summed E-state index contributed by atoms with van der Waals surface area (Å²) >= 11 is 0. The number of piperidine rings is 1. The van der Waals surface area contributed by atoms with E-state index >= 15 is 0 Å².